The summed E-state index contributed by atoms with van der Waals surface area (Å²) in [6.45, 7) is 9.13. The SMILES string of the molecule is CCCCCCCCCCCCCCCCCCCCCCCC#CCCc1ccccc1C(=C(CCCC)C(=C=[N+]=[N-])CCCC)c1ccccc1CCC#CCCCCCCCCCCCCCCCCCCCCCCCC. The molecule has 0 radical (unpaired) electrons. The number of nitrogens with zero attached hydrogens (tertiary/aromatic N) is 2. The van der Waals surface area contributed by atoms with Crippen LogP contribution >= 0.6 is 0 Å². The van der Waals surface area contributed by atoms with Crippen molar-refractivity contribution in [1.82, 2.24) is 0 Å². The summed E-state index contributed by atoms with van der Waals surface area (Å²) in [5.41, 5.74) is 18.8. The third kappa shape index (κ3) is 42.0. The van der Waals surface area contributed by atoms with Crippen molar-refractivity contribution in [3.05, 3.63) is 87.5 Å². The van der Waals surface area contributed by atoms with E-state index in [0.717, 1.165) is 82.6 Å². The third-order valence-electron chi connectivity index (χ3n) is 17.3. The molecular weight excluding hydrogens is 977 g/mol. The molecule has 2 heteroatoms. The van der Waals surface area contributed by atoms with Gasteiger partial charge in [0.2, 0.25) is 0 Å². The van der Waals surface area contributed by atoms with E-state index in [9.17, 15) is 5.53 Å². The van der Waals surface area contributed by atoms with Crippen LogP contribution in [0.25, 0.3) is 11.1 Å². The van der Waals surface area contributed by atoms with Gasteiger partial charge in [0, 0.05) is 25.7 Å². The molecule has 2 aromatic carbocycles. The molecule has 0 aliphatic rings. The highest BCUT2D eigenvalue weighted by Gasteiger charge is 2.21. The molecule has 0 atom stereocenters. The lowest BCUT2D eigenvalue weighted by Crippen LogP contribution is -2.05. The number of unbranched alkanes of at least 4 members (excludes halogenated alkanes) is 45. The zero-order chi connectivity index (χ0) is 57.8. The number of benzene rings is 2. The lowest BCUT2D eigenvalue weighted by Gasteiger charge is -2.22. The van der Waals surface area contributed by atoms with Crippen LogP contribution in [-0.4, -0.2) is 10.7 Å². The second kappa shape index (κ2) is 58.2. The van der Waals surface area contributed by atoms with Crippen molar-refractivity contribution in [1.29, 1.82) is 0 Å². The first-order valence-electron chi connectivity index (χ1n) is 36.0. The van der Waals surface area contributed by atoms with E-state index >= 15 is 0 Å². The quantitative estimate of drug-likeness (QED) is 0.0158. The Morgan fingerprint density at radius 1 is 0.309 bits per heavy atom. The largest absolute Gasteiger partial charge is 0.348 e. The van der Waals surface area contributed by atoms with E-state index in [0.29, 0.717) is 0 Å². The minimum absolute atomic E-state index is 0.851. The van der Waals surface area contributed by atoms with E-state index in [2.05, 4.69) is 111 Å². The van der Waals surface area contributed by atoms with Gasteiger partial charge in [-0.05, 0) is 84.8 Å². The van der Waals surface area contributed by atoms with Crippen LogP contribution in [0.2, 0.25) is 0 Å². The zero-order valence-electron chi connectivity index (χ0n) is 54.4. The fraction of sp³-hybridized carbons (Fsp3) is 0.747. The number of rotatable bonds is 56. The van der Waals surface area contributed by atoms with Gasteiger partial charge in [-0.25, -0.2) is 0 Å². The van der Waals surface area contributed by atoms with Crippen LogP contribution in [0, 0.1) is 23.7 Å². The standard InChI is InChI=1S/C79H130N2/c1-5-9-13-15-17-19-21-23-25-27-29-31-33-35-37-39-41-43-45-47-49-51-53-55-57-59-66-74-68-61-63-71-77(74)79(78(69-12-8-4)75(72-81-80)64-11-7-3)76-70-62-60-67-73(76)65-58-56-54-52-50-48-46-44-42-40-38-36-34-32-30-28-26-24-22-20-18-16-14-10-6-2/h60-63,67-68,70-71H,5-53,58-59,64-66,69H2,1-4H3. The van der Waals surface area contributed by atoms with E-state index in [-0.39, 0.29) is 0 Å². The van der Waals surface area contributed by atoms with Crippen molar-refractivity contribution in [3.63, 3.8) is 0 Å². The van der Waals surface area contributed by atoms with Crippen molar-refractivity contribution in [3.8, 4) is 23.7 Å². The molecule has 2 aromatic rings. The maximum atomic E-state index is 9.99. The highest BCUT2D eigenvalue weighted by atomic mass is 14.8. The smallest absolute Gasteiger partial charge is 0.303 e. The van der Waals surface area contributed by atoms with Crippen LogP contribution in [-0.2, 0) is 12.8 Å². The third-order valence-corrected chi connectivity index (χ3v) is 17.3. The van der Waals surface area contributed by atoms with Gasteiger partial charge >= 0.3 is 5.87 Å². The fourth-order valence-corrected chi connectivity index (χ4v) is 12.1. The number of allylic oxidation sites excluding steroid dienone is 2. The van der Waals surface area contributed by atoms with Gasteiger partial charge in [-0.3, -0.25) is 0 Å². The van der Waals surface area contributed by atoms with Crippen LogP contribution in [0.4, 0.5) is 0 Å². The minimum Gasteiger partial charge on any atom is -0.348 e. The summed E-state index contributed by atoms with van der Waals surface area (Å²) in [6, 6.07) is 18.1. The van der Waals surface area contributed by atoms with Gasteiger partial charge in [-0.2, -0.15) is 0 Å². The summed E-state index contributed by atoms with van der Waals surface area (Å²) in [5, 5.41) is 0. The van der Waals surface area contributed by atoms with E-state index < -0.39 is 0 Å². The van der Waals surface area contributed by atoms with Gasteiger partial charge in [0.05, 0.1) is 5.57 Å². The molecular formula is C79H130N2. The molecule has 0 saturated heterocycles. The van der Waals surface area contributed by atoms with Crippen LogP contribution in [0.5, 0.6) is 0 Å². The van der Waals surface area contributed by atoms with E-state index in [1.165, 1.54) is 309 Å². The summed E-state index contributed by atoms with van der Waals surface area (Å²) in [6.07, 6.45) is 72.6. The van der Waals surface area contributed by atoms with Gasteiger partial charge in [0.1, 0.15) is 0 Å². The first-order valence-corrected chi connectivity index (χ1v) is 36.0. The molecule has 0 N–H and O–H groups in total. The van der Waals surface area contributed by atoms with Gasteiger partial charge in [0.15, 0.2) is 0 Å². The van der Waals surface area contributed by atoms with Gasteiger partial charge in [-0.1, -0.05) is 352 Å². The Balaban J connectivity index is 1.81. The molecule has 2 nitrogen and oxygen atoms in total. The van der Waals surface area contributed by atoms with Crippen molar-refractivity contribution in [2.75, 3.05) is 0 Å². The summed E-state index contributed by atoms with van der Waals surface area (Å²) in [7, 11) is 0. The van der Waals surface area contributed by atoms with E-state index in [1.54, 1.807) is 0 Å². The van der Waals surface area contributed by atoms with Gasteiger partial charge in [-0.15, -0.1) is 28.5 Å². The van der Waals surface area contributed by atoms with Crippen LogP contribution in [0.3, 0.4) is 0 Å². The maximum absolute atomic E-state index is 9.99. The topological polar surface area (TPSA) is 36.4 Å². The van der Waals surface area contributed by atoms with Crippen LogP contribution in [0.1, 0.15) is 390 Å². The minimum atomic E-state index is 0.851. The average Bonchev–Trinajstić information content (AvgIpc) is 3.69. The van der Waals surface area contributed by atoms with Crippen molar-refractivity contribution in [2.45, 2.75) is 381 Å². The van der Waals surface area contributed by atoms with Crippen LogP contribution < -0.4 is 0 Å². The molecule has 0 unspecified atom stereocenters. The Bertz CT molecular complexity index is 1980. The average molecular weight is 1110 g/mol. The van der Waals surface area contributed by atoms with Gasteiger partial charge in [0.25, 0.3) is 0 Å². The van der Waals surface area contributed by atoms with Crippen molar-refractivity contribution < 1.29 is 4.79 Å². The molecule has 0 aliphatic heterocycles. The zero-order valence-corrected chi connectivity index (χ0v) is 54.4. The molecule has 0 fully saturated rings. The first kappa shape index (κ1) is 73.6. The normalized spacial score (nSPS) is 11.4. The van der Waals surface area contributed by atoms with Crippen LogP contribution in [0.15, 0.2) is 59.7 Å². The molecule has 0 saturated carbocycles. The van der Waals surface area contributed by atoms with E-state index in [4.69, 9.17) is 0 Å². The molecule has 0 aromatic heterocycles. The van der Waals surface area contributed by atoms with Crippen molar-refractivity contribution >= 4 is 11.4 Å². The van der Waals surface area contributed by atoms with E-state index in [1.807, 2.05) is 0 Å². The fourth-order valence-electron chi connectivity index (χ4n) is 12.1. The summed E-state index contributed by atoms with van der Waals surface area (Å²) >= 11 is 0. The molecule has 2 rings (SSSR count). The predicted molar refractivity (Wildman–Crippen MR) is 361 cm³/mol. The maximum Gasteiger partial charge on any atom is 0.303 e. The Hall–Kier alpha value is -3.54. The molecule has 0 aliphatic carbocycles. The lowest BCUT2D eigenvalue weighted by atomic mass is 9.81. The summed E-state index contributed by atoms with van der Waals surface area (Å²) < 4.78 is 0. The molecule has 456 valence electrons. The summed E-state index contributed by atoms with van der Waals surface area (Å²) in [5.74, 6) is 17.4. The van der Waals surface area contributed by atoms with Crippen molar-refractivity contribution in [2.24, 2.45) is 0 Å². The summed E-state index contributed by atoms with van der Waals surface area (Å²) in [4.78, 5) is 3.56. The highest BCUT2D eigenvalue weighted by Crippen LogP contribution is 2.38. The molecule has 0 heterocycles. The lowest BCUT2D eigenvalue weighted by molar-refractivity contribution is 0.00739. The number of hydrogen-bond acceptors (Lipinski definition) is 0. The molecule has 0 amide bonds. The van der Waals surface area contributed by atoms with Gasteiger partial charge < -0.3 is 5.53 Å². The molecule has 0 spiro atoms. The molecule has 0 bridgehead atoms. The number of aryl methyl sites for hydroxylation is 2. The Morgan fingerprint density at radius 3 is 0.864 bits per heavy atom. The second-order valence-electron chi connectivity index (χ2n) is 24.8. The first-order chi connectivity index (χ1) is 40.2. The highest BCUT2D eigenvalue weighted by molar-refractivity contribution is 5.89. The second-order valence-corrected chi connectivity index (χ2v) is 24.8. The predicted octanol–water partition coefficient (Wildman–Crippen LogP) is 26.2. The monoisotopic (exact) mass is 1110 g/mol. The Kier molecular flexibility index (Phi) is 52.9. The Morgan fingerprint density at radius 2 is 0.568 bits per heavy atom. The molecule has 81 heavy (non-hydrogen) atoms. The number of hydrogen-bond donors (Lipinski definition) is 0. The Labute approximate surface area is 505 Å².